The molecule has 0 atom stereocenters. The van der Waals surface area contributed by atoms with Crippen LogP contribution >= 0.6 is 11.8 Å². The minimum absolute atomic E-state index is 0.476. The summed E-state index contributed by atoms with van der Waals surface area (Å²) >= 11 is 1.62. The molecular weight excluding hydrogens is 370 g/mol. The lowest BCUT2D eigenvalue weighted by Crippen LogP contribution is -2.46. The van der Waals surface area contributed by atoms with Crippen LogP contribution in [0, 0.1) is 12.3 Å². The molecule has 0 fully saturated rings. The fraction of sp³-hybridized carbons (Fsp3) is 0.562. The van der Waals surface area contributed by atoms with E-state index in [0.29, 0.717) is 13.0 Å². The highest BCUT2D eigenvalue weighted by Crippen LogP contribution is 2.25. The lowest BCUT2D eigenvalue weighted by atomic mass is 10.3. The molecule has 1 rings (SSSR count). The van der Waals surface area contributed by atoms with Gasteiger partial charge in [-0.3, -0.25) is 0 Å². The van der Waals surface area contributed by atoms with E-state index in [2.05, 4.69) is 47.4 Å². The minimum Gasteiger partial charge on any atom is -0.465 e. The highest BCUT2D eigenvalue weighted by molar-refractivity contribution is 8.00. The van der Waals surface area contributed by atoms with Gasteiger partial charge in [0.2, 0.25) is 0 Å². The van der Waals surface area contributed by atoms with Crippen molar-refractivity contribution >= 4 is 34.5 Å². The van der Waals surface area contributed by atoms with Crippen LogP contribution in [0.1, 0.15) is 12.0 Å². The molecule has 9 heteroatoms. The van der Waals surface area contributed by atoms with Gasteiger partial charge in [-0.2, -0.15) is 0 Å². The molecule has 1 amide bonds. The number of aromatic nitrogens is 2. The summed E-state index contributed by atoms with van der Waals surface area (Å²) in [5.41, 5.74) is 0.947. The van der Waals surface area contributed by atoms with Gasteiger partial charge in [-0.25, -0.2) is 14.8 Å². The van der Waals surface area contributed by atoms with E-state index in [0.717, 1.165) is 28.6 Å². The van der Waals surface area contributed by atoms with Crippen molar-refractivity contribution in [3.05, 3.63) is 18.0 Å². The zero-order chi connectivity index (χ0) is 18.9. The minimum atomic E-state index is -1.86. The Morgan fingerprint density at radius 1 is 1.32 bits per heavy atom. The lowest BCUT2D eigenvalue weighted by Gasteiger charge is -2.33. The Morgan fingerprint density at radius 3 is 2.52 bits per heavy atom. The molecule has 0 radical (unpaired) electrons. The van der Waals surface area contributed by atoms with Crippen molar-refractivity contribution in [1.29, 1.82) is 0 Å². The SMILES string of the molecule is C#CCc1cnc(SC[Si](C)(C)O[Si](C)(C)CCCNC(=O)O)nc1. The first-order valence-corrected chi connectivity index (χ1v) is 15.4. The first-order valence-electron chi connectivity index (χ1n) is 8.18. The third-order valence-corrected chi connectivity index (χ3v) is 13.1. The van der Waals surface area contributed by atoms with Gasteiger partial charge in [0, 0.05) is 36.3 Å². The zero-order valence-electron chi connectivity index (χ0n) is 15.3. The predicted molar refractivity (Wildman–Crippen MR) is 107 cm³/mol. The summed E-state index contributed by atoms with van der Waals surface area (Å²) in [4.78, 5) is 19.2. The molecule has 1 heterocycles. The third kappa shape index (κ3) is 9.64. The molecule has 0 saturated carbocycles. The molecule has 0 unspecified atom stereocenters. The number of carbonyl (C=O) groups is 1. The molecule has 25 heavy (non-hydrogen) atoms. The topological polar surface area (TPSA) is 84.3 Å². The molecule has 138 valence electrons. The van der Waals surface area contributed by atoms with Gasteiger partial charge in [0.1, 0.15) is 0 Å². The standard InChI is InChI=1S/C16H27N3O3SSi2/c1-6-8-14-11-18-15(19-12-14)23-13-25(4,5)22-24(2,3)10-7-9-17-16(20)21/h1,11-12,17H,7-10,13H2,2-5H3,(H,20,21). The predicted octanol–water partition coefficient (Wildman–Crippen LogP) is 3.37. The van der Waals surface area contributed by atoms with Gasteiger partial charge >= 0.3 is 6.09 Å². The second-order valence-electron chi connectivity index (χ2n) is 7.00. The lowest BCUT2D eigenvalue weighted by molar-refractivity contribution is 0.194. The van der Waals surface area contributed by atoms with Crippen LogP contribution in [-0.2, 0) is 10.5 Å². The quantitative estimate of drug-likeness (QED) is 0.207. The zero-order valence-corrected chi connectivity index (χ0v) is 18.2. The number of hydrogen-bond acceptors (Lipinski definition) is 5. The second-order valence-corrected chi connectivity index (χ2v) is 17.2. The molecule has 0 saturated heterocycles. The van der Waals surface area contributed by atoms with Gasteiger partial charge in [0.15, 0.2) is 21.8 Å². The van der Waals surface area contributed by atoms with E-state index in [4.69, 9.17) is 15.6 Å². The smallest absolute Gasteiger partial charge is 0.404 e. The van der Waals surface area contributed by atoms with Gasteiger partial charge in [0.25, 0.3) is 0 Å². The van der Waals surface area contributed by atoms with Crippen molar-refractivity contribution < 1.29 is 14.0 Å². The number of nitrogens with zero attached hydrogens (tertiary/aromatic N) is 2. The Kier molecular flexibility index (Phi) is 8.65. The van der Waals surface area contributed by atoms with Crippen LogP contribution in [0.25, 0.3) is 0 Å². The van der Waals surface area contributed by atoms with E-state index in [1.54, 1.807) is 24.2 Å². The average molecular weight is 398 g/mol. The molecule has 0 aliphatic carbocycles. The average Bonchev–Trinajstić information content (AvgIpc) is 2.50. The van der Waals surface area contributed by atoms with Crippen LogP contribution in [0.2, 0.25) is 32.2 Å². The van der Waals surface area contributed by atoms with Crippen LogP contribution < -0.4 is 5.32 Å². The van der Waals surface area contributed by atoms with Gasteiger partial charge in [-0.15, -0.1) is 12.3 Å². The van der Waals surface area contributed by atoms with Crippen LogP contribution in [0.4, 0.5) is 4.79 Å². The van der Waals surface area contributed by atoms with Gasteiger partial charge < -0.3 is 14.5 Å². The van der Waals surface area contributed by atoms with E-state index in [1.165, 1.54) is 0 Å². The number of terminal acetylenes is 1. The van der Waals surface area contributed by atoms with Crippen molar-refractivity contribution in [2.45, 2.75) is 50.2 Å². The fourth-order valence-electron chi connectivity index (χ4n) is 2.40. The number of nitrogens with one attached hydrogen (secondary N) is 1. The molecule has 1 aromatic heterocycles. The number of hydrogen-bond donors (Lipinski definition) is 2. The first-order chi connectivity index (χ1) is 11.6. The summed E-state index contributed by atoms with van der Waals surface area (Å²) in [6.07, 6.45) is 9.22. The molecule has 0 aliphatic heterocycles. The van der Waals surface area contributed by atoms with E-state index in [9.17, 15) is 4.79 Å². The number of rotatable bonds is 10. The molecular formula is C16H27N3O3SSi2. The number of amides is 1. The van der Waals surface area contributed by atoms with E-state index in [-0.39, 0.29) is 0 Å². The largest absolute Gasteiger partial charge is 0.465 e. The summed E-state index contributed by atoms with van der Waals surface area (Å²) in [6, 6.07) is 0.936. The summed E-state index contributed by atoms with van der Waals surface area (Å²) in [5, 5.41) is 12.6. The maximum atomic E-state index is 10.5. The maximum Gasteiger partial charge on any atom is 0.404 e. The third-order valence-electron chi connectivity index (χ3n) is 3.32. The Hall–Kier alpha value is -1.35. The van der Waals surface area contributed by atoms with Crippen molar-refractivity contribution in [2.24, 2.45) is 0 Å². The molecule has 0 spiro atoms. The van der Waals surface area contributed by atoms with E-state index >= 15 is 0 Å². The van der Waals surface area contributed by atoms with E-state index < -0.39 is 22.7 Å². The van der Waals surface area contributed by atoms with Crippen molar-refractivity contribution in [3.63, 3.8) is 0 Å². The first kappa shape index (κ1) is 21.7. The summed E-state index contributed by atoms with van der Waals surface area (Å²) in [5.74, 6) is 2.58. The Bertz CT molecular complexity index is 604. The second kappa shape index (κ2) is 9.96. The molecule has 0 aromatic carbocycles. The fourth-order valence-corrected chi connectivity index (χ4v) is 12.8. The summed E-state index contributed by atoms with van der Waals surface area (Å²) in [6.45, 7) is 9.27. The molecule has 1 aromatic rings. The molecule has 0 aliphatic rings. The van der Waals surface area contributed by atoms with Crippen molar-refractivity contribution in [3.8, 4) is 12.3 Å². The Balaban J connectivity index is 2.45. The van der Waals surface area contributed by atoms with Gasteiger partial charge in [-0.05, 0) is 38.7 Å². The van der Waals surface area contributed by atoms with Crippen LogP contribution in [-0.4, -0.2) is 49.7 Å². The van der Waals surface area contributed by atoms with Crippen molar-refractivity contribution in [2.75, 3.05) is 11.9 Å². The summed E-state index contributed by atoms with van der Waals surface area (Å²) in [7, 11) is -3.67. The van der Waals surface area contributed by atoms with E-state index in [1.807, 2.05) is 0 Å². The Morgan fingerprint density at radius 2 is 1.96 bits per heavy atom. The van der Waals surface area contributed by atoms with Crippen LogP contribution in [0.3, 0.4) is 0 Å². The van der Waals surface area contributed by atoms with Crippen molar-refractivity contribution in [1.82, 2.24) is 15.3 Å². The highest BCUT2D eigenvalue weighted by atomic mass is 32.2. The number of carboxylic acid groups (broad SMARTS) is 1. The van der Waals surface area contributed by atoms with Crippen LogP contribution in [0.5, 0.6) is 0 Å². The Labute approximate surface area is 156 Å². The summed E-state index contributed by atoms with van der Waals surface area (Å²) < 4.78 is 6.52. The molecule has 6 nitrogen and oxygen atoms in total. The normalized spacial score (nSPS) is 11.8. The monoisotopic (exact) mass is 397 g/mol. The van der Waals surface area contributed by atoms with Gasteiger partial charge in [-0.1, -0.05) is 11.8 Å². The maximum absolute atomic E-state index is 10.5. The molecule has 2 N–H and O–H groups in total. The van der Waals surface area contributed by atoms with Crippen LogP contribution in [0.15, 0.2) is 17.6 Å². The number of thioether (sulfide) groups is 1. The highest BCUT2D eigenvalue weighted by Gasteiger charge is 2.33. The van der Waals surface area contributed by atoms with Gasteiger partial charge in [0.05, 0.1) is 0 Å². The molecule has 0 bridgehead atoms.